The van der Waals surface area contributed by atoms with Gasteiger partial charge in [-0.05, 0) is 87.9 Å². The molecule has 0 aromatic carbocycles. The Bertz CT molecular complexity index is 820. The van der Waals surface area contributed by atoms with Crippen LogP contribution in [0.15, 0.2) is 6.07 Å². The number of hydrogen-bond acceptors (Lipinski definition) is 5. The molecule has 6 nitrogen and oxygen atoms in total. The summed E-state index contributed by atoms with van der Waals surface area (Å²) in [5.74, 6) is 5.09. The number of hydrogen-bond donors (Lipinski definition) is 0. The van der Waals surface area contributed by atoms with Crippen LogP contribution < -0.4 is 9.80 Å². The molecule has 32 heavy (non-hydrogen) atoms. The number of anilines is 2. The monoisotopic (exact) mass is 437 g/mol. The fraction of sp³-hybridized carbons (Fsp3) is 0.808. The minimum Gasteiger partial charge on any atom is -0.353 e. The summed E-state index contributed by atoms with van der Waals surface area (Å²) >= 11 is 0. The van der Waals surface area contributed by atoms with E-state index in [1.807, 2.05) is 0 Å². The highest BCUT2D eigenvalue weighted by Crippen LogP contribution is 2.61. The second-order valence-electron chi connectivity index (χ2n) is 11.7. The van der Waals surface area contributed by atoms with Crippen molar-refractivity contribution in [3.8, 4) is 0 Å². The SMILES string of the molecule is Cc1cc(N2CCN(C(=O)CC34CC5CC(CC(C5)C3)C4)CC2)nc(N2CCCCC2)n1. The van der Waals surface area contributed by atoms with E-state index in [4.69, 9.17) is 9.97 Å². The van der Waals surface area contributed by atoms with Gasteiger partial charge in [0.1, 0.15) is 5.82 Å². The Kier molecular flexibility index (Phi) is 5.30. The zero-order valence-corrected chi connectivity index (χ0v) is 19.8. The van der Waals surface area contributed by atoms with E-state index >= 15 is 0 Å². The second kappa shape index (κ2) is 8.18. The number of piperidine rings is 1. The first-order valence-corrected chi connectivity index (χ1v) is 13.2. The Labute approximate surface area is 192 Å². The van der Waals surface area contributed by atoms with Gasteiger partial charge < -0.3 is 14.7 Å². The Morgan fingerprint density at radius 1 is 0.875 bits per heavy atom. The van der Waals surface area contributed by atoms with E-state index < -0.39 is 0 Å². The van der Waals surface area contributed by atoms with Gasteiger partial charge in [-0.1, -0.05) is 0 Å². The summed E-state index contributed by atoms with van der Waals surface area (Å²) in [7, 11) is 0. The van der Waals surface area contributed by atoms with Crippen molar-refractivity contribution in [2.24, 2.45) is 23.2 Å². The zero-order valence-electron chi connectivity index (χ0n) is 19.8. The molecule has 6 fully saturated rings. The van der Waals surface area contributed by atoms with E-state index in [1.165, 1.54) is 57.8 Å². The predicted octanol–water partition coefficient (Wildman–Crippen LogP) is 4.03. The van der Waals surface area contributed by atoms with Gasteiger partial charge in [-0.3, -0.25) is 4.79 Å². The first kappa shape index (κ1) is 20.7. The molecule has 7 rings (SSSR count). The first-order valence-electron chi connectivity index (χ1n) is 13.2. The Hall–Kier alpha value is -1.85. The number of aromatic nitrogens is 2. The molecule has 6 aliphatic rings. The summed E-state index contributed by atoms with van der Waals surface area (Å²) in [5, 5.41) is 0. The van der Waals surface area contributed by atoms with Crippen molar-refractivity contribution in [3.05, 3.63) is 11.8 Å². The Morgan fingerprint density at radius 2 is 1.50 bits per heavy atom. The van der Waals surface area contributed by atoms with Crippen LogP contribution in [0.5, 0.6) is 0 Å². The standard InChI is InChI=1S/C26H39N5O/c1-19-11-23(28-25(27-19)31-5-3-2-4-6-31)29-7-9-30(10-8-29)24(32)18-26-15-20-12-21(16-26)14-22(13-20)17-26/h11,20-22H,2-10,12-18H2,1H3. The zero-order chi connectivity index (χ0) is 21.7. The average Bonchev–Trinajstić information content (AvgIpc) is 2.78. The summed E-state index contributed by atoms with van der Waals surface area (Å²) < 4.78 is 0. The third-order valence-electron chi connectivity index (χ3n) is 9.12. The normalized spacial score (nSPS) is 34.3. The largest absolute Gasteiger partial charge is 0.353 e. The van der Waals surface area contributed by atoms with E-state index in [9.17, 15) is 4.79 Å². The molecule has 0 atom stereocenters. The molecule has 0 spiro atoms. The molecule has 6 heteroatoms. The molecule has 1 aromatic rings. The maximum Gasteiger partial charge on any atom is 0.227 e. The van der Waals surface area contributed by atoms with Crippen LogP contribution in [0.4, 0.5) is 11.8 Å². The lowest BCUT2D eigenvalue weighted by atomic mass is 9.49. The quantitative estimate of drug-likeness (QED) is 0.712. The van der Waals surface area contributed by atoms with Gasteiger partial charge in [0.15, 0.2) is 0 Å². The predicted molar refractivity (Wildman–Crippen MR) is 127 cm³/mol. The molecule has 4 aliphatic carbocycles. The second-order valence-corrected chi connectivity index (χ2v) is 11.7. The maximum atomic E-state index is 13.3. The highest BCUT2D eigenvalue weighted by molar-refractivity contribution is 5.77. The number of piperazine rings is 1. The van der Waals surface area contributed by atoms with Gasteiger partial charge in [-0.2, -0.15) is 4.98 Å². The summed E-state index contributed by atoms with van der Waals surface area (Å²) in [5.41, 5.74) is 1.38. The van der Waals surface area contributed by atoms with Crippen LogP contribution in [0.25, 0.3) is 0 Å². The highest BCUT2D eigenvalue weighted by Gasteiger charge is 2.51. The van der Waals surface area contributed by atoms with E-state index in [1.54, 1.807) is 0 Å². The third-order valence-corrected chi connectivity index (χ3v) is 9.12. The lowest BCUT2D eigenvalue weighted by Crippen LogP contribution is -2.52. The van der Waals surface area contributed by atoms with Crippen molar-refractivity contribution in [1.82, 2.24) is 14.9 Å². The van der Waals surface area contributed by atoms with Crippen LogP contribution in [0.2, 0.25) is 0 Å². The molecule has 2 aliphatic heterocycles. The summed E-state index contributed by atoms with van der Waals surface area (Å²) in [6.45, 7) is 7.61. The van der Waals surface area contributed by atoms with Crippen LogP contribution >= 0.6 is 0 Å². The van der Waals surface area contributed by atoms with Gasteiger partial charge >= 0.3 is 0 Å². The summed E-state index contributed by atoms with van der Waals surface area (Å²) in [4.78, 5) is 29.8. The summed E-state index contributed by atoms with van der Waals surface area (Å²) in [6, 6.07) is 2.11. The molecule has 0 radical (unpaired) electrons. The van der Waals surface area contributed by atoms with Gasteiger partial charge in [-0.25, -0.2) is 4.98 Å². The van der Waals surface area contributed by atoms with Crippen molar-refractivity contribution in [3.63, 3.8) is 0 Å². The highest BCUT2D eigenvalue weighted by atomic mass is 16.2. The molecule has 4 bridgehead atoms. The molecule has 2 saturated heterocycles. The minimum atomic E-state index is 0.343. The van der Waals surface area contributed by atoms with Crippen molar-refractivity contribution in [2.45, 2.75) is 71.1 Å². The van der Waals surface area contributed by atoms with Gasteiger partial charge in [0.05, 0.1) is 0 Å². The van der Waals surface area contributed by atoms with Gasteiger partial charge in [-0.15, -0.1) is 0 Å². The summed E-state index contributed by atoms with van der Waals surface area (Å²) in [6.07, 6.45) is 12.9. The van der Waals surface area contributed by atoms with E-state index in [0.29, 0.717) is 11.3 Å². The number of rotatable bonds is 4. The number of aryl methyl sites for hydroxylation is 1. The average molecular weight is 438 g/mol. The number of carbonyl (C=O) groups excluding carboxylic acids is 1. The molecular weight excluding hydrogens is 398 g/mol. The van der Waals surface area contributed by atoms with Crippen LogP contribution in [-0.4, -0.2) is 60.0 Å². The number of nitrogens with zero attached hydrogens (tertiary/aromatic N) is 5. The van der Waals surface area contributed by atoms with Crippen LogP contribution in [0, 0.1) is 30.1 Å². The Morgan fingerprint density at radius 3 is 2.12 bits per heavy atom. The third kappa shape index (κ3) is 3.99. The molecule has 4 saturated carbocycles. The van der Waals surface area contributed by atoms with Crippen LogP contribution in [-0.2, 0) is 4.79 Å². The Balaban J connectivity index is 1.08. The molecular formula is C26H39N5O. The van der Waals surface area contributed by atoms with Crippen molar-refractivity contribution in [1.29, 1.82) is 0 Å². The van der Waals surface area contributed by atoms with Gasteiger partial charge in [0.2, 0.25) is 11.9 Å². The van der Waals surface area contributed by atoms with E-state index in [2.05, 4.69) is 27.7 Å². The van der Waals surface area contributed by atoms with Crippen LogP contribution in [0.1, 0.15) is 69.9 Å². The van der Waals surface area contributed by atoms with Gasteiger partial charge in [0, 0.05) is 57.4 Å². The maximum absolute atomic E-state index is 13.3. The smallest absolute Gasteiger partial charge is 0.227 e. The minimum absolute atomic E-state index is 0.343. The first-order chi connectivity index (χ1) is 15.6. The lowest BCUT2D eigenvalue weighted by Gasteiger charge is -2.57. The molecule has 0 unspecified atom stereocenters. The van der Waals surface area contributed by atoms with E-state index in [-0.39, 0.29) is 0 Å². The fourth-order valence-electron chi connectivity index (χ4n) is 8.06. The number of carbonyl (C=O) groups is 1. The van der Waals surface area contributed by atoms with Crippen molar-refractivity contribution < 1.29 is 4.79 Å². The van der Waals surface area contributed by atoms with E-state index in [0.717, 1.165) is 80.9 Å². The molecule has 0 N–H and O–H groups in total. The molecule has 1 amide bonds. The van der Waals surface area contributed by atoms with Crippen LogP contribution in [0.3, 0.4) is 0 Å². The number of amides is 1. The molecule has 3 heterocycles. The molecule has 1 aromatic heterocycles. The van der Waals surface area contributed by atoms with Gasteiger partial charge in [0.25, 0.3) is 0 Å². The fourth-order valence-corrected chi connectivity index (χ4v) is 8.06. The van der Waals surface area contributed by atoms with Crippen molar-refractivity contribution >= 4 is 17.7 Å². The topological polar surface area (TPSA) is 52.6 Å². The molecule has 174 valence electrons. The lowest BCUT2D eigenvalue weighted by molar-refractivity contribution is -0.139. The van der Waals surface area contributed by atoms with Crippen molar-refractivity contribution in [2.75, 3.05) is 49.1 Å².